The molecule has 0 aromatic heterocycles. The van der Waals surface area contributed by atoms with Gasteiger partial charge in [0.05, 0.1) is 13.2 Å². The molecule has 0 radical (unpaired) electrons. The second kappa shape index (κ2) is 17.8. The lowest BCUT2D eigenvalue weighted by molar-refractivity contribution is 0.161. The lowest BCUT2D eigenvalue weighted by Crippen LogP contribution is -2.30. The minimum atomic E-state index is 0. The molecule has 0 rings (SSSR count). The van der Waals surface area contributed by atoms with Crippen LogP contribution in [0.15, 0.2) is 0 Å². The maximum atomic E-state index is 8.57. The maximum Gasteiger partial charge on any atom is 0.0558 e. The Morgan fingerprint density at radius 2 is 1.23 bits per heavy atom. The maximum absolute atomic E-state index is 8.57. The molecule has 0 heterocycles. The van der Waals surface area contributed by atoms with Crippen molar-refractivity contribution in [2.24, 2.45) is 0 Å². The fourth-order valence-electron chi connectivity index (χ4n) is 0.934. The molecule has 0 spiro atoms. The highest BCUT2D eigenvalue weighted by Gasteiger charge is 1.99. The van der Waals surface area contributed by atoms with E-state index in [0.717, 1.165) is 13.0 Å². The van der Waals surface area contributed by atoms with Crippen molar-refractivity contribution in [2.75, 3.05) is 32.8 Å². The average Bonchev–Trinajstić information content (AvgIpc) is 1.90. The Kier molecular flexibility index (Phi) is 31.6. The Labute approximate surface area is 84.4 Å². The standard InChI is InChI=1S/C7H17NO2.3CH4/c1-2-3-8(4-6-9)5-7-10;;;/h9-10H,2-7H2,1H3;3*1H4. The first-order valence-corrected chi connectivity index (χ1v) is 3.79. The van der Waals surface area contributed by atoms with Gasteiger partial charge in [0.15, 0.2) is 0 Å². The number of hydrogen-bond donors (Lipinski definition) is 2. The van der Waals surface area contributed by atoms with Gasteiger partial charge in [-0.2, -0.15) is 0 Å². The highest BCUT2D eigenvalue weighted by Crippen LogP contribution is 1.88. The van der Waals surface area contributed by atoms with Crippen LogP contribution in [0, 0.1) is 0 Å². The van der Waals surface area contributed by atoms with Gasteiger partial charge in [-0.05, 0) is 13.0 Å². The molecule has 0 aliphatic heterocycles. The lowest BCUT2D eigenvalue weighted by atomic mass is 10.4. The summed E-state index contributed by atoms with van der Waals surface area (Å²) in [7, 11) is 0. The summed E-state index contributed by atoms with van der Waals surface area (Å²) < 4.78 is 0. The first-order chi connectivity index (χ1) is 4.85. The summed E-state index contributed by atoms with van der Waals surface area (Å²) in [5.41, 5.74) is 0. The van der Waals surface area contributed by atoms with Crippen molar-refractivity contribution >= 4 is 0 Å². The minimum absolute atomic E-state index is 0. The highest BCUT2D eigenvalue weighted by atomic mass is 16.3. The number of aliphatic hydroxyl groups excluding tert-OH is 2. The third-order valence-corrected chi connectivity index (χ3v) is 1.37. The van der Waals surface area contributed by atoms with Gasteiger partial charge in [0.25, 0.3) is 0 Å². The van der Waals surface area contributed by atoms with Crippen LogP contribution in [0.2, 0.25) is 0 Å². The van der Waals surface area contributed by atoms with Gasteiger partial charge in [-0.3, -0.25) is 4.90 Å². The van der Waals surface area contributed by atoms with E-state index in [4.69, 9.17) is 10.2 Å². The molecule has 0 aromatic carbocycles. The largest absolute Gasteiger partial charge is 0.395 e. The molecule has 86 valence electrons. The van der Waals surface area contributed by atoms with Crippen molar-refractivity contribution in [3.8, 4) is 0 Å². The van der Waals surface area contributed by atoms with E-state index in [0.29, 0.717) is 13.1 Å². The van der Waals surface area contributed by atoms with Crippen LogP contribution in [0.4, 0.5) is 0 Å². The predicted octanol–water partition coefficient (Wildman–Crippen LogP) is 1.59. The summed E-state index contributed by atoms with van der Waals surface area (Å²) in [5.74, 6) is 0. The van der Waals surface area contributed by atoms with Crippen LogP contribution < -0.4 is 0 Å². The van der Waals surface area contributed by atoms with Gasteiger partial charge in [0, 0.05) is 13.1 Å². The molecule has 0 atom stereocenters. The second-order valence-electron chi connectivity index (χ2n) is 2.29. The lowest BCUT2D eigenvalue weighted by Gasteiger charge is -2.18. The molecule has 3 heteroatoms. The van der Waals surface area contributed by atoms with Gasteiger partial charge in [-0.1, -0.05) is 29.2 Å². The predicted molar refractivity (Wildman–Crippen MR) is 61.1 cm³/mol. The van der Waals surface area contributed by atoms with Crippen LogP contribution in [-0.2, 0) is 0 Å². The summed E-state index contributed by atoms with van der Waals surface area (Å²) in [6, 6.07) is 0. The van der Waals surface area contributed by atoms with Crippen molar-refractivity contribution in [2.45, 2.75) is 35.6 Å². The normalized spacial score (nSPS) is 8.31. The molecule has 13 heavy (non-hydrogen) atoms. The Hall–Kier alpha value is -0.120. The monoisotopic (exact) mass is 195 g/mol. The number of nitrogens with zero attached hydrogens (tertiary/aromatic N) is 1. The van der Waals surface area contributed by atoms with E-state index < -0.39 is 0 Å². The van der Waals surface area contributed by atoms with E-state index >= 15 is 0 Å². The molecule has 0 aliphatic carbocycles. The molecule has 2 N–H and O–H groups in total. The van der Waals surface area contributed by atoms with Crippen molar-refractivity contribution in [3.63, 3.8) is 0 Å². The van der Waals surface area contributed by atoms with E-state index in [9.17, 15) is 0 Å². The van der Waals surface area contributed by atoms with Crippen molar-refractivity contribution in [1.82, 2.24) is 4.90 Å². The number of hydrogen-bond acceptors (Lipinski definition) is 3. The molecule has 0 amide bonds. The molecular formula is C10H29NO2. The molecule has 0 unspecified atom stereocenters. The van der Waals surface area contributed by atoms with Gasteiger partial charge in [-0.15, -0.1) is 0 Å². The van der Waals surface area contributed by atoms with Crippen LogP contribution in [0.3, 0.4) is 0 Å². The zero-order chi connectivity index (χ0) is 7.82. The van der Waals surface area contributed by atoms with E-state index in [1.54, 1.807) is 0 Å². The SMILES string of the molecule is C.C.C.CCCN(CCO)CCO. The zero-order valence-corrected chi connectivity index (χ0v) is 6.58. The molecule has 0 aromatic rings. The molecule has 0 fully saturated rings. The Bertz CT molecular complexity index is 55.7. The van der Waals surface area contributed by atoms with E-state index in [-0.39, 0.29) is 35.5 Å². The van der Waals surface area contributed by atoms with Gasteiger partial charge in [-0.25, -0.2) is 0 Å². The van der Waals surface area contributed by atoms with E-state index in [1.807, 2.05) is 4.90 Å². The van der Waals surface area contributed by atoms with E-state index in [1.165, 1.54) is 0 Å². The van der Waals surface area contributed by atoms with Crippen molar-refractivity contribution in [3.05, 3.63) is 0 Å². The third-order valence-electron chi connectivity index (χ3n) is 1.37. The molecule has 0 aliphatic rings. The van der Waals surface area contributed by atoms with Gasteiger partial charge >= 0.3 is 0 Å². The fourth-order valence-corrected chi connectivity index (χ4v) is 0.934. The summed E-state index contributed by atoms with van der Waals surface area (Å²) in [4.78, 5) is 2.04. The third kappa shape index (κ3) is 14.7. The first-order valence-electron chi connectivity index (χ1n) is 3.79. The first kappa shape index (κ1) is 23.1. The smallest absolute Gasteiger partial charge is 0.0558 e. The Morgan fingerprint density at radius 3 is 1.46 bits per heavy atom. The Morgan fingerprint density at radius 1 is 0.846 bits per heavy atom. The van der Waals surface area contributed by atoms with Crippen molar-refractivity contribution < 1.29 is 10.2 Å². The van der Waals surface area contributed by atoms with Crippen LogP contribution in [0.5, 0.6) is 0 Å². The minimum Gasteiger partial charge on any atom is -0.395 e. The fraction of sp³-hybridized carbons (Fsp3) is 1.00. The highest BCUT2D eigenvalue weighted by molar-refractivity contribution is 4.53. The summed E-state index contributed by atoms with van der Waals surface area (Å²) in [6.45, 7) is 4.76. The van der Waals surface area contributed by atoms with E-state index in [2.05, 4.69) is 6.92 Å². The van der Waals surface area contributed by atoms with Gasteiger partial charge in [0.1, 0.15) is 0 Å². The molecule has 0 saturated carbocycles. The second-order valence-corrected chi connectivity index (χ2v) is 2.29. The summed E-state index contributed by atoms with van der Waals surface area (Å²) >= 11 is 0. The summed E-state index contributed by atoms with van der Waals surface area (Å²) in [5, 5.41) is 17.1. The topological polar surface area (TPSA) is 43.7 Å². The van der Waals surface area contributed by atoms with Gasteiger partial charge in [0.2, 0.25) is 0 Å². The van der Waals surface area contributed by atoms with Crippen LogP contribution in [-0.4, -0.2) is 48.0 Å². The Balaban J connectivity index is -0.000000135. The number of rotatable bonds is 6. The molecule has 0 saturated heterocycles. The zero-order valence-electron chi connectivity index (χ0n) is 6.58. The molecular weight excluding hydrogens is 166 g/mol. The van der Waals surface area contributed by atoms with Gasteiger partial charge < -0.3 is 10.2 Å². The molecule has 3 nitrogen and oxygen atoms in total. The molecule has 0 bridgehead atoms. The quantitative estimate of drug-likeness (QED) is 0.676. The van der Waals surface area contributed by atoms with Crippen LogP contribution in [0.1, 0.15) is 35.6 Å². The summed E-state index contributed by atoms with van der Waals surface area (Å²) in [6.07, 6.45) is 1.07. The average molecular weight is 195 g/mol. The van der Waals surface area contributed by atoms with Crippen LogP contribution in [0.25, 0.3) is 0 Å². The van der Waals surface area contributed by atoms with Crippen molar-refractivity contribution in [1.29, 1.82) is 0 Å². The number of aliphatic hydroxyl groups is 2. The van der Waals surface area contributed by atoms with Crippen LogP contribution >= 0.6 is 0 Å².